The lowest BCUT2D eigenvalue weighted by atomic mass is 10.0. The minimum atomic E-state index is -0.765. The highest BCUT2D eigenvalue weighted by atomic mass is 16.6. The summed E-state index contributed by atoms with van der Waals surface area (Å²) in [5.41, 5.74) is 0. The van der Waals surface area contributed by atoms with E-state index in [9.17, 15) is 14.7 Å². The molecule has 0 amide bonds. The Morgan fingerprint density at radius 2 is 0.769 bits per heavy atom. The summed E-state index contributed by atoms with van der Waals surface area (Å²) < 4.78 is 10.6. The summed E-state index contributed by atoms with van der Waals surface area (Å²) in [5, 5.41) is 9.57. The van der Waals surface area contributed by atoms with Crippen molar-refractivity contribution in [3.05, 3.63) is 24.3 Å². The quantitative estimate of drug-likeness (QED) is 0.0384. The summed E-state index contributed by atoms with van der Waals surface area (Å²) in [6, 6.07) is 0. The maximum Gasteiger partial charge on any atom is 0.306 e. The van der Waals surface area contributed by atoms with E-state index < -0.39 is 6.10 Å². The third-order valence-corrected chi connectivity index (χ3v) is 10.2. The zero-order valence-electron chi connectivity index (χ0n) is 34.8. The summed E-state index contributed by atoms with van der Waals surface area (Å²) >= 11 is 0. The maximum absolute atomic E-state index is 12.2. The molecule has 0 aliphatic rings. The standard InChI is InChI=1S/C47H88O5/c1-3-5-7-9-11-13-15-16-17-18-19-20-21-22-23-24-25-26-27-28-29-30-32-34-36-38-40-42-47(50)52-45(43-48)44-51-46(49)41-39-37-35-33-31-14-12-10-8-6-4-2/h15-16,18-19,45,48H,3-14,17,20-44H2,1-2H3/b16-15-,19-18-. The van der Waals surface area contributed by atoms with Crippen LogP contribution in [0.5, 0.6) is 0 Å². The van der Waals surface area contributed by atoms with Crippen LogP contribution in [0.25, 0.3) is 0 Å². The fourth-order valence-corrected chi connectivity index (χ4v) is 6.76. The molecule has 52 heavy (non-hydrogen) atoms. The molecule has 5 heteroatoms. The third kappa shape index (κ3) is 41.1. The first-order chi connectivity index (χ1) is 25.6. The van der Waals surface area contributed by atoms with Gasteiger partial charge >= 0.3 is 11.9 Å². The average Bonchev–Trinajstić information content (AvgIpc) is 3.15. The zero-order valence-corrected chi connectivity index (χ0v) is 34.8. The first kappa shape index (κ1) is 50.4. The highest BCUT2D eigenvalue weighted by molar-refractivity contribution is 5.70. The van der Waals surface area contributed by atoms with Gasteiger partial charge in [0.15, 0.2) is 6.10 Å². The summed E-state index contributed by atoms with van der Waals surface area (Å²) in [6.45, 7) is 4.14. The molecule has 0 rings (SSSR count). The van der Waals surface area contributed by atoms with Crippen molar-refractivity contribution in [1.82, 2.24) is 0 Å². The molecule has 0 aromatic rings. The largest absolute Gasteiger partial charge is 0.462 e. The molecule has 306 valence electrons. The molecule has 0 fully saturated rings. The molecular formula is C47H88O5. The van der Waals surface area contributed by atoms with Crippen LogP contribution in [0.15, 0.2) is 24.3 Å². The van der Waals surface area contributed by atoms with Gasteiger partial charge in [0.05, 0.1) is 6.61 Å². The van der Waals surface area contributed by atoms with Gasteiger partial charge in [-0.05, 0) is 44.9 Å². The number of unbranched alkanes of at least 4 members (excludes halogenated alkanes) is 30. The second-order valence-corrected chi connectivity index (χ2v) is 15.5. The minimum absolute atomic E-state index is 0.0604. The van der Waals surface area contributed by atoms with Gasteiger partial charge in [-0.15, -0.1) is 0 Å². The molecule has 0 spiro atoms. The molecule has 5 nitrogen and oxygen atoms in total. The van der Waals surface area contributed by atoms with Crippen LogP contribution in [0.4, 0.5) is 0 Å². The van der Waals surface area contributed by atoms with Crippen molar-refractivity contribution in [2.75, 3.05) is 13.2 Å². The van der Waals surface area contributed by atoms with Crippen molar-refractivity contribution < 1.29 is 24.2 Å². The van der Waals surface area contributed by atoms with Crippen molar-refractivity contribution in [2.24, 2.45) is 0 Å². The Morgan fingerprint density at radius 3 is 1.13 bits per heavy atom. The number of hydrogen-bond acceptors (Lipinski definition) is 5. The lowest BCUT2D eigenvalue weighted by molar-refractivity contribution is -0.161. The van der Waals surface area contributed by atoms with Gasteiger partial charge in [-0.3, -0.25) is 9.59 Å². The summed E-state index contributed by atoms with van der Waals surface area (Å²) in [7, 11) is 0. The van der Waals surface area contributed by atoms with Crippen LogP contribution in [-0.2, 0) is 19.1 Å². The van der Waals surface area contributed by atoms with Crippen molar-refractivity contribution in [2.45, 2.75) is 251 Å². The Morgan fingerprint density at radius 1 is 0.442 bits per heavy atom. The molecule has 1 N–H and O–H groups in total. The number of ether oxygens (including phenoxy) is 2. The Kier molecular flexibility index (Phi) is 42.4. The van der Waals surface area contributed by atoms with Crippen LogP contribution in [-0.4, -0.2) is 36.4 Å². The fourth-order valence-electron chi connectivity index (χ4n) is 6.76. The van der Waals surface area contributed by atoms with E-state index in [0.717, 1.165) is 44.9 Å². The molecule has 0 saturated heterocycles. The second-order valence-electron chi connectivity index (χ2n) is 15.5. The number of carbonyl (C=O) groups is 2. The van der Waals surface area contributed by atoms with E-state index in [0.29, 0.717) is 12.8 Å². The Labute approximate surface area is 323 Å². The molecule has 1 unspecified atom stereocenters. The summed E-state index contributed by atoms with van der Waals surface area (Å²) in [4.78, 5) is 24.3. The van der Waals surface area contributed by atoms with Gasteiger partial charge in [0, 0.05) is 12.8 Å². The van der Waals surface area contributed by atoms with E-state index in [1.165, 1.54) is 173 Å². The zero-order chi connectivity index (χ0) is 37.8. The molecular weight excluding hydrogens is 645 g/mol. The molecule has 1 atom stereocenters. The van der Waals surface area contributed by atoms with Gasteiger partial charge in [-0.25, -0.2) is 0 Å². The monoisotopic (exact) mass is 733 g/mol. The highest BCUT2D eigenvalue weighted by Crippen LogP contribution is 2.16. The highest BCUT2D eigenvalue weighted by Gasteiger charge is 2.16. The summed E-state index contributed by atoms with van der Waals surface area (Å²) in [5.74, 6) is -0.581. The summed E-state index contributed by atoms with van der Waals surface area (Å²) in [6.07, 6.45) is 52.6. The van der Waals surface area contributed by atoms with Gasteiger partial charge in [0.1, 0.15) is 6.61 Å². The van der Waals surface area contributed by atoms with Crippen molar-refractivity contribution in [3.63, 3.8) is 0 Å². The smallest absolute Gasteiger partial charge is 0.306 e. The normalized spacial score (nSPS) is 12.3. The SMILES string of the molecule is CCCCCCC/C=C\C/C=C\CCCCCCCCCCCCCCCCCC(=O)OC(CO)COC(=O)CCCCCCCCCCCCC. The molecule has 0 aromatic carbocycles. The van der Waals surface area contributed by atoms with E-state index >= 15 is 0 Å². The second kappa shape index (κ2) is 43.8. The third-order valence-electron chi connectivity index (χ3n) is 10.2. The number of esters is 2. The Hall–Kier alpha value is -1.62. The van der Waals surface area contributed by atoms with Gasteiger partial charge in [0.2, 0.25) is 0 Å². The molecule has 0 aliphatic heterocycles. The van der Waals surface area contributed by atoms with Crippen LogP contribution >= 0.6 is 0 Å². The Balaban J connectivity index is 3.44. The fraction of sp³-hybridized carbons (Fsp3) is 0.872. The minimum Gasteiger partial charge on any atom is -0.462 e. The number of rotatable bonds is 42. The van der Waals surface area contributed by atoms with Crippen LogP contribution in [0.2, 0.25) is 0 Å². The van der Waals surface area contributed by atoms with E-state index in [2.05, 4.69) is 38.2 Å². The molecule has 0 bridgehead atoms. The van der Waals surface area contributed by atoms with Crippen LogP contribution in [0.3, 0.4) is 0 Å². The number of aliphatic hydroxyl groups excluding tert-OH is 1. The van der Waals surface area contributed by atoms with Gasteiger partial charge in [-0.1, -0.05) is 212 Å². The molecule has 0 radical (unpaired) electrons. The molecule has 0 aromatic heterocycles. The van der Waals surface area contributed by atoms with Gasteiger partial charge in [-0.2, -0.15) is 0 Å². The molecule has 0 heterocycles. The number of allylic oxidation sites excluding steroid dienone is 4. The van der Waals surface area contributed by atoms with Crippen LogP contribution in [0, 0.1) is 0 Å². The number of hydrogen-bond donors (Lipinski definition) is 1. The van der Waals surface area contributed by atoms with Crippen molar-refractivity contribution >= 4 is 11.9 Å². The lowest BCUT2D eigenvalue weighted by Crippen LogP contribution is -2.28. The molecule has 0 aliphatic carbocycles. The predicted octanol–water partition coefficient (Wildman–Crippen LogP) is 14.6. The van der Waals surface area contributed by atoms with E-state index in [1.54, 1.807) is 0 Å². The number of aliphatic hydroxyl groups is 1. The van der Waals surface area contributed by atoms with Gasteiger partial charge in [0.25, 0.3) is 0 Å². The lowest BCUT2D eigenvalue weighted by Gasteiger charge is -2.15. The first-order valence-electron chi connectivity index (χ1n) is 22.9. The van der Waals surface area contributed by atoms with Crippen molar-refractivity contribution in [1.29, 1.82) is 0 Å². The van der Waals surface area contributed by atoms with E-state index in [4.69, 9.17) is 9.47 Å². The van der Waals surface area contributed by atoms with Gasteiger partial charge < -0.3 is 14.6 Å². The van der Waals surface area contributed by atoms with Crippen LogP contribution in [0.1, 0.15) is 245 Å². The van der Waals surface area contributed by atoms with E-state index in [1.807, 2.05) is 0 Å². The average molecular weight is 733 g/mol. The topological polar surface area (TPSA) is 72.8 Å². The maximum atomic E-state index is 12.2. The van der Waals surface area contributed by atoms with Crippen LogP contribution < -0.4 is 0 Å². The predicted molar refractivity (Wildman–Crippen MR) is 224 cm³/mol. The van der Waals surface area contributed by atoms with E-state index in [-0.39, 0.29) is 25.2 Å². The van der Waals surface area contributed by atoms with Crippen molar-refractivity contribution in [3.8, 4) is 0 Å². The number of carbonyl (C=O) groups excluding carboxylic acids is 2. The molecule has 0 saturated carbocycles. The first-order valence-corrected chi connectivity index (χ1v) is 22.9. The Bertz CT molecular complexity index is 791.